The highest BCUT2D eigenvalue weighted by atomic mass is 35.5. The lowest BCUT2D eigenvalue weighted by Gasteiger charge is -2.36. The van der Waals surface area contributed by atoms with Crippen molar-refractivity contribution in [1.29, 1.82) is 0 Å². The van der Waals surface area contributed by atoms with E-state index in [9.17, 15) is 9.59 Å². The van der Waals surface area contributed by atoms with E-state index >= 15 is 0 Å². The van der Waals surface area contributed by atoms with Crippen molar-refractivity contribution in [2.24, 2.45) is 0 Å². The first-order chi connectivity index (χ1) is 12.1. The lowest BCUT2D eigenvalue weighted by Crippen LogP contribution is -2.59. The van der Waals surface area contributed by atoms with Crippen molar-refractivity contribution in [3.05, 3.63) is 46.5 Å². The molecule has 1 atom stereocenters. The zero-order chi connectivity index (χ0) is 17.2. The molecule has 0 aliphatic carbocycles. The Bertz CT molecular complexity index is 961. The summed E-state index contributed by atoms with van der Waals surface area (Å²) in [7, 11) is 0. The summed E-state index contributed by atoms with van der Waals surface area (Å²) in [6, 6.07) is 8.29. The maximum absolute atomic E-state index is 12.8. The van der Waals surface area contributed by atoms with E-state index in [1.54, 1.807) is 30.3 Å². The van der Waals surface area contributed by atoms with Gasteiger partial charge in [-0.1, -0.05) is 11.6 Å². The number of nitrogens with one attached hydrogen (secondary N) is 3. The zero-order valence-electron chi connectivity index (χ0n) is 12.8. The molecule has 126 valence electrons. The SMILES string of the molecule is O=C1N[C@@]2(Nc3cc(Cl)ccc31)C(=O)Nc1cc3c(cc12)OCCO3. The minimum atomic E-state index is -1.42. The van der Waals surface area contributed by atoms with Crippen LogP contribution in [0.1, 0.15) is 15.9 Å². The molecule has 3 heterocycles. The van der Waals surface area contributed by atoms with Crippen molar-refractivity contribution in [3.8, 4) is 11.5 Å². The molecule has 0 radical (unpaired) electrons. The quantitative estimate of drug-likeness (QED) is 0.671. The molecular formula is C17H12ClN3O4. The molecular weight excluding hydrogens is 346 g/mol. The molecule has 2 aromatic rings. The molecule has 3 aliphatic rings. The Kier molecular flexibility index (Phi) is 2.77. The molecule has 2 aromatic carbocycles. The first-order valence-electron chi connectivity index (χ1n) is 7.73. The Morgan fingerprint density at radius 2 is 1.72 bits per heavy atom. The molecule has 25 heavy (non-hydrogen) atoms. The second-order valence-electron chi connectivity index (χ2n) is 6.01. The zero-order valence-corrected chi connectivity index (χ0v) is 13.6. The highest BCUT2D eigenvalue weighted by Gasteiger charge is 2.52. The first kappa shape index (κ1) is 14.4. The van der Waals surface area contributed by atoms with Crippen LogP contribution in [0.3, 0.4) is 0 Å². The summed E-state index contributed by atoms with van der Waals surface area (Å²) in [6.45, 7) is 0.879. The van der Waals surface area contributed by atoms with Crippen LogP contribution >= 0.6 is 11.6 Å². The van der Waals surface area contributed by atoms with E-state index in [4.69, 9.17) is 21.1 Å². The standard InChI is InChI=1S/C17H12ClN3O4/c18-8-1-2-9-11(5-8)20-17(21-15(9)22)10-6-13-14(25-4-3-24-13)7-12(10)19-16(17)23/h1-2,5-7,20H,3-4H2,(H,19,23)(H,21,22)/t17-/m1/s1. The Balaban J connectivity index is 1.68. The fourth-order valence-electron chi connectivity index (χ4n) is 3.38. The molecule has 0 fully saturated rings. The fourth-order valence-corrected chi connectivity index (χ4v) is 3.55. The maximum atomic E-state index is 12.8. The smallest absolute Gasteiger partial charge is 0.275 e. The number of hydrogen-bond acceptors (Lipinski definition) is 5. The van der Waals surface area contributed by atoms with Crippen LogP contribution in [0.5, 0.6) is 11.5 Å². The van der Waals surface area contributed by atoms with Crippen LogP contribution in [0, 0.1) is 0 Å². The third-order valence-electron chi connectivity index (χ3n) is 4.52. The number of anilines is 2. The van der Waals surface area contributed by atoms with Crippen LogP contribution in [0.2, 0.25) is 5.02 Å². The number of benzene rings is 2. The Hall–Kier alpha value is -2.93. The van der Waals surface area contributed by atoms with Crippen molar-refractivity contribution in [2.75, 3.05) is 23.8 Å². The van der Waals surface area contributed by atoms with Crippen LogP contribution < -0.4 is 25.4 Å². The van der Waals surface area contributed by atoms with Gasteiger partial charge in [0.1, 0.15) is 13.2 Å². The number of halogens is 1. The molecule has 3 N–H and O–H groups in total. The monoisotopic (exact) mass is 357 g/mol. The molecule has 0 saturated carbocycles. The summed E-state index contributed by atoms with van der Waals surface area (Å²) in [5.41, 5.74) is 0.635. The van der Waals surface area contributed by atoms with Gasteiger partial charge in [0.2, 0.25) is 5.66 Å². The largest absolute Gasteiger partial charge is 0.486 e. The molecule has 0 saturated heterocycles. The van der Waals surface area contributed by atoms with Crippen molar-refractivity contribution < 1.29 is 19.1 Å². The number of amides is 2. The number of carbonyl (C=O) groups excluding carboxylic acids is 2. The highest BCUT2D eigenvalue weighted by molar-refractivity contribution is 6.31. The van der Waals surface area contributed by atoms with E-state index in [1.807, 2.05) is 0 Å². The van der Waals surface area contributed by atoms with Crippen LogP contribution in [0.25, 0.3) is 0 Å². The van der Waals surface area contributed by atoms with E-state index in [2.05, 4.69) is 16.0 Å². The Morgan fingerprint density at radius 1 is 0.960 bits per heavy atom. The number of ether oxygens (including phenoxy) is 2. The number of hydrogen-bond donors (Lipinski definition) is 3. The average Bonchev–Trinajstić information content (AvgIpc) is 2.83. The van der Waals surface area contributed by atoms with Crippen molar-refractivity contribution in [2.45, 2.75) is 5.66 Å². The lowest BCUT2D eigenvalue weighted by molar-refractivity contribution is -0.120. The predicted octanol–water partition coefficient (Wildman–Crippen LogP) is 2.07. The van der Waals surface area contributed by atoms with Crippen LogP contribution in [0.15, 0.2) is 30.3 Å². The second kappa shape index (κ2) is 4.80. The molecule has 0 unspecified atom stereocenters. The summed E-state index contributed by atoms with van der Waals surface area (Å²) >= 11 is 6.04. The van der Waals surface area contributed by atoms with E-state index in [-0.39, 0.29) is 11.8 Å². The van der Waals surface area contributed by atoms with Crippen LogP contribution in [-0.2, 0) is 10.5 Å². The molecule has 1 spiro atoms. The normalized spacial score (nSPS) is 22.6. The predicted molar refractivity (Wildman–Crippen MR) is 90.3 cm³/mol. The summed E-state index contributed by atoms with van der Waals surface area (Å²) in [4.78, 5) is 25.3. The van der Waals surface area contributed by atoms with E-state index < -0.39 is 5.66 Å². The fraction of sp³-hybridized carbons (Fsp3) is 0.176. The first-order valence-corrected chi connectivity index (χ1v) is 8.10. The number of fused-ring (bicyclic) bond motifs is 4. The third kappa shape index (κ3) is 1.93. The van der Waals surface area contributed by atoms with Gasteiger partial charge in [0.15, 0.2) is 11.5 Å². The third-order valence-corrected chi connectivity index (χ3v) is 4.76. The average molecular weight is 358 g/mol. The van der Waals surface area contributed by atoms with Crippen molar-refractivity contribution in [3.63, 3.8) is 0 Å². The van der Waals surface area contributed by atoms with Gasteiger partial charge in [-0.15, -0.1) is 0 Å². The summed E-state index contributed by atoms with van der Waals surface area (Å²) in [5, 5.41) is 9.17. The summed E-state index contributed by atoms with van der Waals surface area (Å²) < 4.78 is 11.2. The molecule has 2 amide bonds. The number of rotatable bonds is 0. The van der Waals surface area contributed by atoms with Gasteiger partial charge in [-0.3, -0.25) is 9.59 Å². The Labute approximate surface area is 147 Å². The molecule has 3 aliphatic heterocycles. The minimum Gasteiger partial charge on any atom is -0.486 e. The van der Waals surface area contributed by atoms with Gasteiger partial charge >= 0.3 is 0 Å². The Morgan fingerprint density at radius 3 is 2.52 bits per heavy atom. The second-order valence-corrected chi connectivity index (χ2v) is 6.45. The summed E-state index contributed by atoms with van der Waals surface area (Å²) in [5.74, 6) is 0.355. The lowest BCUT2D eigenvalue weighted by atomic mass is 9.95. The molecule has 7 nitrogen and oxygen atoms in total. The number of carbonyl (C=O) groups is 2. The van der Waals surface area contributed by atoms with Crippen molar-refractivity contribution in [1.82, 2.24) is 5.32 Å². The highest BCUT2D eigenvalue weighted by Crippen LogP contribution is 2.46. The van der Waals surface area contributed by atoms with Gasteiger partial charge in [-0.2, -0.15) is 0 Å². The van der Waals surface area contributed by atoms with E-state index in [1.165, 1.54) is 0 Å². The van der Waals surface area contributed by atoms with Gasteiger partial charge in [0, 0.05) is 16.7 Å². The van der Waals surface area contributed by atoms with Gasteiger partial charge < -0.3 is 25.4 Å². The maximum Gasteiger partial charge on any atom is 0.275 e. The van der Waals surface area contributed by atoms with Crippen molar-refractivity contribution >= 4 is 34.8 Å². The van der Waals surface area contributed by atoms with Gasteiger partial charge in [-0.25, -0.2) is 0 Å². The van der Waals surface area contributed by atoms with E-state index in [0.29, 0.717) is 52.2 Å². The molecule has 8 heteroatoms. The molecule has 5 rings (SSSR count). The minimum absolute atomic E-state index is 0.358. The topological polar surface area (TPSA) is 88.7 Å². The van der Waals surface area contributed by atoms with Gasteiger partial charge in [0.05, 0.1) is 16.9 Å². The van der Waals surface area contributed by atoms with Crippen LogP contribution in [0.4, 0.5) is 11.4 Å². The van der Waals surface area contributed by atoms with Gasteiger partial charge in [-0.05, 0) is 24.3 Å². The molecule has 0 bridgehead atoms. The summed E-state index contributed by atoms with van der Waals surface area (Å²) in [6.07, 6.45) is 0. The van der Waals surface area contributed by atoms with Gasteiger partial charge in [0.25, 0.3) is 11.8 Å². The van der Waals surface area contributed by atoms with E-state index in [0.717, 1.165) is 0 Å². The van der Waals surface area contributed by atoms with Crippen LogP contribution in [-0.4, -0.2) is 25.0 Å². The molecule has 0 aromatic heterocycles.